The Kier molecular flexibility index (Phi) is 8.13. The number of nitrogens with zero attached hydrogens (tertiary/aromatic N) is 4. The van der Waals surface area contributed by atoms with Crippen LogP contribution in [-0.4, -0.2) is 32.6 Å². The number of aromatic nitrogens is 3. The van der Waals surface area contributed by atoms with E-state index < -0.39 is 0 Å². The van der Waals surface area contributed by atoms with Crippen LogP contribution in [0.15, 0.2) is 94.7 Å². The molecule has 1 amide bonds. The van der Waals surface area contributed by atoms with E-state index in [1.54, 1.807) is 6.21 Å². The maximum absolute atomic E-state index is 12.4. The fraction of sp³-hybridized carbons (Fsp3) is 0.111. The Balaban J connectivity index is 1.47. The zero-order valence-corrected chi connectivity index (χ0v) is 20.9. The van der Waals surface area contributed by atoms with Gasteiger partial charge in [-0.15, -0.1) is 10.2 Å². The van der Waals surface area contributed by atoms with Crippen LogP contribution in [0.3, 0.4) is 0 Å². The van der Waals surface area contributed by atoms with Crippen LogP contribution in [0.4, 0.5) is 0 Å². The van der Waals surface area contributed by atoms with Crippen LogP contribution in [0, 0.1) is 6.92 Å². The van der Waals surface area contributed by atoms with Gasteiger partial charge in [0, 0.05) is 16.3 Å². The van der Waals surface area contributed by atoms with Crippen LogP contribution < -0.4 is 5.43 Å². The Morgan fingerprint density at radius 3 is 2.46 bits per heavy atom. The van der Waals surface area contributed by atoms with Crippen molar-refractivity contribution in [3.8, 4) is 17.1 Å². The lowest BCUT2D eigenvalue weighted by atomic mass is 10.1. The summed E-state index contributed by atoms with van der Waals surface area (Å²) >= 11 is 7.36. The molecule has 0 aliphatic heterocycles. The smallest absolute Gasteiger partial charge is 0.250 e. The summed E-state index contributed by atoms with van der Waals surface area (Å²) in [5.74, 6) is 0.585. The molecule has 6 nitrogen and oxygen atoms in total. The Morgan fingerprint density at radius 2 is 1.74 bits per heavy atom. The zero-order chi connectivity index (χ0) is 24.6. The highest BCUT2D eigenvalue weighted by Gasteiger charge is 2.17. The molecule has 1 aromatic heterocycles. The summed E-state index contributed by atoms with van der Waals surface area (Å²) in [5.41, 5.74) is 7.52. The monoisotopic (exact) mass is 501 g/mol. The minimum absolute atomic E-state index is 0.142. The van der Waals surface area contributed by atoms with E-state index in [9.17, 15) is 4.79 Å². The van der Waals surface area contributed by atoms with Gasteiger partial charge in [-0.2, -0.15) is 5.10 Å². The van der Waals surface area contributed by atoms with Gasteiger partial charge in [0.1, 0.15) is 0 Å². The number of rotatable bonds is 8. The zero-order valence-electron chi connectivity index (χ0n) is 19.4. The Morgan fingerprint density at radius 1 is 1.03 bits per heavy atom. The summed E-state index contributed by atoms with van der Waals surface area (Å²) in [6, 6.07) is 25.4. The molecular weight excluding hydrogens is 478 g/mol. The molecule has 0 bridgehead atoms. The van der Waals surface area contributed by atoms with Crippen LogP contribution in [0.5, 0.6) is 0 Å². The summed E-state index contributed by atoms with van der Waals surface area (Å²) in [4.78, 5) is 12.4. The van der Waals surface area contributed by atoms with Gasteiger partial charge in [0.15, 0.2) is 11.0 Å². The fourth-order valence-electron chi connectivity index (χ4n) is 3.29. The first-order chi connectivity index (χ1) is 17.0. The van der Waals surface area contributed by atoms with Gasteiger partial charge < -0.3 is 0 Å². The molecule has 0 saturated heterocycles. The van der Waals surface area contributed by atoms with Crippen molar-refractivity contribution in [3.63, 3.8) is 0 Å². The van der Waals surface area contributed by atoms with Crippen molar-refractivity contribution in [1.82, 2.24) is 20.2 Å². The molecule has 35 heavy (non-hydrogen) atoms. The standard InChI is InChI=1S/C27H24ClN5OS/c1-19-8-14-24(15-9-19)33-26(22-10-12-23(28)13-11-22)31-32-27(33)35-18-25(34)30-29-17-20(2)16-21-6-4-3-5-7-21/h3-17H,18H2,1-2H3,(H,30,34)/b20-16+,29-17+. The molecule has 1 N–H and O–H groups in total. The number of aryl methyl sites for hydroxylation is 1. The van der Waals surface area contributed by atoms with E-state index in [0.717, 1.165) is 28.0 Å². The molecule has 0 unspecified atom stereocenters. The third-order valence-corrected chi connectivity index (χ3v) is 6.19. The molecular formula is C27H24ClN5OS. The SMILES string of the molecule is CC(/C=N/NC(=O)CSc1nnc(-c2ccc(Cl)cc2)n1-c1ccc(C)cc1)=C\c1ccccc1. The Bertz CT molecular complexity index is 1350. The van der Waals surface area contributed by atoms with Crippen LogP contribution in [0.25, 0.3) is 23.2 Å². The maximum atomic E-state index is 12.4. The van der Waals surface area contributed by atoms with E-state index in [-0.39, 0.29) is 11.7 Å². The number of benzene rings is 3. The minimum atomic E-state index is -0.231. The second-order valence-corrected chi connectivity index (χ2v) is 9.24. The first-order valence-electron chi connectivity index (χ1n) is 11.0. The van der Waals surface area contributed by atoms with Gasteiger partial charge in [0.2, 0.25) is 0 Å². The van der Waals surface area contributed by atoms with Gasteiger partial charge >= 0.3 is 0 Å². The predicted octanol–water partition coefficient (Wildman–Crippen LogP) is 6.19. The van der Waals surface area contributed by atoms with Gasteiger partial charge in [0.25, 0.3) is 5.91 Å². The van der Waals surface area contributed by atoms with Crippen molar-refractivity contribution in [2.45, 2.75) is 19.0 Å². The number of hydrogen-bond donors (Lipinski definition) is 1. The van der Waals surface area contributed by atoms with Crippen LogP contribution >= 0.6 is 23.4 Å². The van der Waals surface area contributed by atoms with E-state index >= 15 is 0 Å². The number of hydrogen-bond acceptors (Lipinski definition) is 5. The van der Waals surface area contributed by atoms with Gasteiger partial charge in [-0.1, -0.05) is 77.5 Å². The predicted molar refractivity (Wildman–Crippen MR) is 144 cm³/mol. The largest absolute Gasteiger partial charge is 0.272 e. The summed E-state index contributed by atoms with van der Waals surface area (Å²) in [6.07, 6.45) is 3.62. The topological polar surface area (TPSA) is 72.2 Å². The lowest BCUT2D eigenvalue weighted by Crippen LogP contribution is -2.20. The van der Waals surface area contributed by atoms with Gasteiger partial charge in [-0.25, -0.2) is 5.43 Å². The molecule has 0 aliphatic carbocycles. The number of amides is 1. The quantitative estimate of drug-likeness (QED) is 0.177. The Hall–Kier alpha value is -3.68. The van der Waals surface area contributed by atoms with Crippen molar-refractivity contribution in [2.75, 3.05) is 5.75 Å². The fourth-order valence-corrected chi connectivity index (χ4v) is 4.16. The normalized spacial score (nSPS) is 11.7. The lowest BCUT2D eigenvalue weighted by Gasteiger charge is -2.10. The Labute approximate surface area is 213 Å². The third-order valence-electron chi connectivity index (χ3n) is 5.01. The number of halogens is 1. The molecule has 176 valence electrons. The van der Waals surface area contributed by atoms with Gasteiger partial charge in [0.05, 0.1) is 12.0 Å². The van der Waals surface area contributed by atoms with Crippen molar-refractivity contribution in [3.05, 3.63) is 101 Å². The number of carbonyl (C=O) groups is 1. The first-order valence-corrected chi connectivity index (χ1v) is 12.3. The number of carbonyl (C=O) groups excluding carboxylic acids is 1. The number of hydrazone groups is 1. The molecule has 0 spiro atoms. The second-order valence-electron chi connectivity index (χ2n) is 7.86. The first kappa shape index (κ1) is 24.4. The van der Waals surface area contributed by atoms with Crippen molar-refractivity contribution < 1.29 is 4.79 Å². The molecule has 0 aliphatic rings. The highest BCUT2D eigenvalue weighted by atomic mass is 35.5. The highest BCUT2D eigenvalue weighted by molar-refractivity contribution is 7.99. The second kappa shape index (κ2) is 11.6. The maximum Gasteiger partial charge on any atom is 0.250 e. The lowest BCUT2D eigenvalue weighted by molar-refractivity contribution is -0.118. The summed E-state index contributed by atoms with van der Waals surface area (Å²) in [5, 5.41) is 14.1. The number of allylic oxidation sites excluding steroid dienone is 1. The van der Waals surface area contributed by atoms with E-state index in [2.05, 4.69) is 20.7 Å². The van der Waals surface area contributed by atoms with Crippen molar-refractivity contribution >= 4 is 41.6 Å². The summed E-state index contributed by atoms with van der Waals surface area (Å²) in [7, 11) is 0. The average Bonchev–Trinajstić information content (AvgIpc) is 3.28. The summed E-state index contributed by atoms with van der Waals surface area (Å²) in [6.45, 7) is 3.97. The molecule has 0 saturated carbocycles. The van der Waals surface area contributed by atoms with E-state index in [1.807, 2.05) is 103 Å². The molecule has 0 radical (unpaired) electrons. The molecule has 8 heteroatoms. The highest BCUT2D eigenvalue weighted by Crippen LogP contribution is 2.28. The van der Waals surface area contributed by atoms with E-state index in [0.29, 0.717) is 16.0 Å². The number of thioether (sulfide) groups is 1. The van der Waals surface area contributed by atoms with Crippen LogP contribution in [0.1, 0.15) is 18.1 Å². The van der Waals surface area contributed by atoms with Crippen molar-refractivity contribution in [1.29, 1.82) is 0 Å². The summed E-state index contributed by atoms with van der Waals surface area (Å²) < 4.78 is 1.94. The molecule has 1 heterocycles. The molecule has 4 aromatic rings. The van der Waals surface area contributed by atoms with Gasteiger partial charge in [-0.3, -0.25) is 9.36 Å². The minimum Gasteiger partial charge on any atom is -0.272 e. The average molecular weight is 502 g/mol. The van der Waals surface area contributed by atoms with Crippen LogP contribution in [-0.2, 0) is 4.79 Å². The number of nitrogens with one attached hydrogen (secondary N) is 1. The molecule has 3 aromatic carbocycles. The molecule has 4 rings (SSSR count). The van der Waals surface area contributed by atoms with Gasteiger partial charge in [-0.05, 0) is 61.4 Å². The molecule has 0 atom stereocenters. The third kappa shape index (κ3) is 6.68. The van der Waals surface area contributed by atoms with Crippen LogP contribution in [0.2, 0.25) is 5.02 Å². The van der Waals surface area contributed by atoms with Crippen molar-refractivity contribution in [2.24, 2.45) is 5.10 Å². The van der Waals surface area contributed by atoms with E-state index in [1.165, 1.54) is 11.8 Å². The molecule has 0 fully saturated rings. The van der Waals surface area contributed by atoms with E-state index in [4.69, 9.17) is 11.6 Å².